The number of aryl methyl sites for hydroxylation is 1. The summed E-state index contributed by atoms with van der Waals surface area (Å²) in [6.07, 6.45) is 0.626. The van der Waals surface area contributed by atoms with E-state index in [1.54, 1.807) is 6.07 Å². The first-order chi connectivity index (χ1) is 15.7. The Hall–Kier alpha value is -3.05. The van der Waals surface area contributed by atoms with Gasteiger partial charge in [-0.1, -0.05) is 12.1 Å². The molecular formula is C22H20F3N3O4S. The van der Waals surface area contributed by atoms with Crippen molar-refractivity contribution in [1.29, 1.82) is 0 Å². The minimum atomic E-state index is -4.42. The van der Waals surface area contributed by atoms with Crippen molar-refractivity contribution in [2.75, 3.05) is 6.54 Å². The molecule has 3 aromatic rings. The molecule has 0 spiro atoms. The number of rotatable bonds is 7. The van der Waals surface area contributed by atoms with Gasteiger partial charge in [0.1, 0.15) is 17.5 Å². The number of carbonyl (C=O) groups is 1. The van der Waals surface area contributed by atoms with Gasteiger partial charge in [0.05, 0.1) is 23.6 Å². The van der Waals surface area contributed by atoms with E-state index in [4.69, 9.17) is 4.42 Å². The average molecular weight is 479 g/mol. The van der Waals surface area contributed by atoms with Gasteiger partial charge in [0.15, 0.2) is 5.78 Å². The van der Waals surface area contributed by atoms with E-state index in [0.29, 0.717) is 29.8 Å². The van der Waals surface area contributed by atoms with Gasteiger partial charge in [-0.2, -0.15) is 17.5 Å². The summed E-state index contributed by atoms with van der Waals surface area (Å²) in [5.41, 5.74) is 0.713. The number of nitrogens with zero attached hydrogens (tertiary/aromatic N) is 3. The first kappa shape index (κ1) is 23.1. The van der Waals surface area contributed by atoms with Crippen LogP contribution < -0.4 is 0 Å². The highest BCUT2D eigenvalue weighted by Gasteiger charge is 2.39. The van der Waals surface area contributed by atoms with Gasteiger partial charge in [0, 0.05) is 24.2 Å². The normalized spacial score (nSPS) is 17.4. The molecule has 1 atom stereocenters. The SMILES string of the molecule is O=C(CCc1cc(-c2ccc(C(F)(F)F)cc2)ncn1)[C@@H]1CCCN1S(=O)(=O)c1ccoc1. The molecule has 1 aliphatic rings. The van der Waals surface area contributed by atoms with Crippen molar-refractivity contribution in [3.63, 3.8) is 0 Å². The van der Waals surface area contributed by atoms with Crippen LogP contribution in [0, 0.1) is 0 Å². The van der Waals surface area contributed by atoms with E-state index >= 15 is 0 Å². The molecule has 1 fully saturated rings. The van der Waals surface area contributed by atoms with Gasteiger partial charge < -0.3 is 4.42 Å². The second kappa shape index (κ2) is 9.06. The molecule has 11 heteroatoms. The highest BCUT2D eigenvalue weighted by Crippen LogP contribution is 2.31. The maximum atomic E-state index is 12.9. The molecule has 0 unspecified atom stereocenters. The van der Waals surface area contributed by atoms with Crippen molar-refractivity contribution in [2.45, 2.75) is 42.8 Å². The second-order valence-electron chi connectivity index (χ2n) is 7.67. The maximum Gasteiger partial charge on any atom is 0.416 e. The predicted octanol–water partition coefficient (Wildman–Crippen LogP) is 4.11. The molecular weight excluding hydrogens is 459 g/mol. The molecule has 0 N–H and O–H groups in total. The standard InChI is InChI=1S/C22H20F3N3O4S/c23-22(24,25)16-5-3-15(4-6-16)19-12-17(26-14-27-19)7-8-21(29)20-2-1-10-28(20)33(30,31)18-9-11-32-13-18/h3-6,9,11-14,20H,1-2,7-8,10H2/t20-/m0/s1. The monoisotopic (exact) mass is 479 g/mol. The average Bonchev–Trinajstić information content (AvgIpc) is 3.50. The van der Waals surface area contributed by atoms with Crippen molar-refractivity contribution >= 4 is 15.8 Å². The number of benzene rings is 1. The van der Waals surface area contributed by atoms with Gasteiger partial charge in [0.2, 0.25) is 10.0 Å². The molecule has 1 aliphatic heterocycles. The van der Waals surface area contributed by atoms with Crippen LogP contribution in [0.3, 0.4) is 0 Å². The molecule has 174 valence electrons. The van der Waals surface area contributed by atoms with Crippen LogP contribution in [0.4, 0.5) is 13.2 Å². The van der Waals surface area contributed by atoms with Crippen LogP contribution >= 0.6 is 0 Å². The number of sulfonamides is 1. The molecule has 7 nitrogen and oxygen atoms in total. The lowest BCUT2D eigenvalue weighted by Crippen LogP contribution is -2.40. The van der Waals surface area contributed by atoms with Gasteiger partial charge in [-0.15, -0.1) is 0 Å². The van der Waals surface area contributed by atoms with Crippen LogP contribution in [0.15, 0.2) is 64.6 Å². The van der Waals surface area contributed by atoms with E-state index in [-0.39, 0.29) is 30.1 Å². The van der Waals surface area contributed by atoms with Crippen molar-refractivity contribution in [3.8, 4) is 11.3 Å². The van der Waals surface area contributed by atoms with Crippen LogP contribution in [0.5, 0.6) is 0 Å². The molecule has 1 aromatic carbocycles. The Morgan fingerprint density at radius 1 is 1.15 bits per heavy atom. The lowest BCUT2D eigenvalue weighted by atomic mass is 10.0. The van der Waals surface area contributed by atoms with E-state index in [1.165, 1.54) is 35.1 Å². The molecule has 0 amide bonds. The van der Waals surface area contributed by atoms with Gasteiger partial charge >= 0.3 is 6.18 Å². The van der Waals surface area contributed by atoms with Gasteiger partial charge in [0.25, 0.3) is 0 Å². The van der Waals surface area contributed by atoms with E-state index in [9.17, 15) is 26.4 Å². The summed E-state index contributed by atoms with van der Waals surface area (Å²) in [4.78, 5) is 21.1. The number of aromatic nitrogens is 2. The second-order valence-corrected chi connectivity index (χ2v) is 9.56. The smallest absolute Gasteiger partial charge is 0.416 e. The molecule has 4 rings (SSSR count). The van der Waals surface area contributed by atoms with E-state index in [1.807, 2.05) is 0 Å². The van der Waals surface area contributed by atoms with Crippen LogP contribution in [-0.2, 0) is 27.4 Å². The first-order valence-corrected chi connectivity index (χ1v) is 11.7. The number of hydrogen-bond donors (Lipinski definition) is 0. The summed E-state index contributed by atoms with van der Waals surface area (Å²) in [5.74, 6) is -0.214. The Balaban J connectivity index is 1.44. The Bertz CT molecular complexity index is 1230. The Morgan fingerprint density at radius 2 is 1.91 bits per heavy atom. The molecule has 0 saturated carbocycles. The van der Waals surface area contributed by atoms with Crippen LogP contribution in [0.25, 0.3) is 11.3 Å². The van der Waals surface area contributed by atoms with Gasteiger partial charge in [-0.3, -0.25) is 4.79 Å². The molecule has 0 bridgehead atoms. The summed E-state index contributed by atoms with van der Waals surface area (Å²) in [5, 5.41) is 0. The lowest BCUT2D eigenvalue weighted by Gasteiger charge is -2.22. The van der Waals surface area contributed by atoms with E-state index in [2.05, 4.69) is 9.97 Å². The third-order valence-electron chi connectivity index (χ3n) is 5.54. The number of carbonyl (C=O) groups excluding carboxylic acids is 1. The predicted molar refractivity (Wildman–Crippen MR) is 111 cm³/mol. The van der Waals surface area contributed by atoms with Gasteiger partial charge in [-0.25, -0.2) is 18.4 Å². The third kappa shape index (κ3) is 4.98. The summed E-state index contributed by atoms with van der Waals surface area (Å²) in [6.45, 7) is 0.259. The van der Waals surface area contributed by atoms with Crippen molar-refractivity contribution in [2.24, 2.45) is 0 Å². The van der Waals surface area contributed by atoms with Crippen LogP contribution in [0.1, 0.15) is 30.5 Å². The van der Waals surface area contributed by atoms with E-state index in [0.717, 1.165) is 18.4 Å². The zero-order valence-electron chi connectivity index (χ0n) is 17.3. The Kier molecular flexibility index (Phi) is 6.35. The fraction of sp³-hybridized carbons (Fsp3) is 0.318. The number of furan rings is 1. The number of alkyl halides is 3. The quantitative estimate of drug-likeness (QED) is 0.506. The Morgan fingerprint density at radius 3 is 2.58 bits per heavy atom. The maximum absolute atomic E-state index is 12.9. The Labute approximate surface area is 188 Å². The molecule has 2 aromatic heterocycles. The van der Waals surface area contributed by atoms with Crippen molar-refractivity contribution in [1.82, 2.24) is 14.3 Å². The molecule has 0 radical (unpaired) electrons. The fourth-order valence-electron chi connectivity index (χ4n) is 3.82. The van der Waals surface area contributed by atoms with Gasteiger partial charge in [-0.05, 0) is 43.5 Å². The minimum absolute atomic E-state index is 0.0131. The zero-order chi connectivity index (χ0) is 23.6. The zero-order valence-corrected chi connectivity index (χ0v) is 18.1. The first-order valence-electron chi connectivity index (χ1n) is 10.2. The highest BCUT2D eigenvalue weighted by atomic mass is 32.2. The molecule has 1 saturated heterocycles. The number of ketones is 1. The molecule has 33 heavy (non-hydrogen) atoms. The number of Topliss-reactive ketones (excluding diaryl/α,β-unsaturated/α-hetero) is 1. The minimum Gasteiger partial charge on any atom is -0.471 e. The van der Waals surface area contributed by atoms with E-state index < -0.39 is 27.8 Å². The van der Waals surface area contributed by atoms with Crippen molar-refractivity contribution < 1.29 is 30.8 Å². The third-order valence-corrected chi connectivity index (χ3v) is 7.42. The van der Waals surface area contributed by atoms with Crippen LogP contribution in [0.2, 0.25) is 0 Å². The van der Waals surface area contributed by atoms with Crippen molar-refractivity contribution in [3.05, 3.63) is 66.5 Å². The highest BCUT2D eigenvalue weighted by molar-refractivity contribution is 7.89. The number of halogens is 3. The largest absolute Gasteiger partial charge is 0.471 e. The summed E-state index contributed by atoms with van der Waals surface area (Å²) in [6, 6.07) is 6.84. The van der Waals surface area contributed by atoms with Crippen LogP contribution in [-0.4, -0.2) is 41.1 Å². The fourth-order valence-corrected chi connectivity index (χ4v) is 5.43. The molecule has 3 heterocycles. The molecule has 0 aliphatic carbocycles. The number of hydrogen-bond acceptors (Lipinski definition) is 6. The summed E-state index contributed by atoms with van der Waals surface area (Å²) in [7, 11) is -3.82. The summed E-state index contributed by atoms with van der Waals surface area (Å²) >= 11 is 0. The summed E-state index contributed by atoms with van der Waals surface area (Å²) < 4.78 is 70.0. The lowest BCUT2D eigenvalue weighted by molar-refractivity contribution is -0.137. The topological polar surface area (TPSA) is 93.4 Å².